The standard InChI is InChI=1S/C21H23ClN4O2S2/c1-3-28-20(27)16-12-18(15-8-5-4-6-9-15)30-19(16)24-21(29)23-10-7-11-26-13-17(22)14(2)25-26/h4-6,8-9,12-13H,3,7,10-11H2,1-2H3,(H2,23,24,29). The van der Waals surface area contributed by atoms with Gasteiger partial charge in [-0.2, -0.15) is 5.10 Å². The van der Waals surface area contributed by atoms with Gasteiger partial charge >= 0.3 is 5.97 Å². The van der Waals surface area contributed by atoms with E-state index >= 15 is 0 Å². The van der Waals surface area contributed by atoms with Crippen LogP contribution < -0.4 is 10.6 Å². The van der Waals surface area contributed by atoms with E-state index in [1.807, 2.05) is 54.2 Å². The highest BCUT2D eigenvalue weighted by Crippen LogP contribution is 2.35. The molecule has 3 aromatic rings. The number of carbonyl (C=O) groups is 1. The second kappa shape index (κ2) is 10.6. The quantitative estimate of drug-likeness (QED) is 0.275. The number of nitrogens with zero attached hydrogens (tertiary/aromatic N) is 2. The molecule has 158 valence electrons. The minimum Gasteiger partial charge on any atom is -0.462 e. The van der Waals surface area contributed by atoms with Crippen molar-refractivity contribution in [3.05, 3.63) is 58.9 Å². The first-order valence-electron chi connectivity index (χ1n) is 9.58. The van der Waals surface area contributed by atoms with Crippen LogP contribution in [0.15, 0.2) is 42.6 Å². The summed E-state index contributed by atoms with van der Waals surface area (Å²) in [6, 6.07) is 11.7. The Kier molecular flexibility index (Phi) is 7.84. The zero-order valence-corrected chi connectivity index (χ0v) is 19.2. The molecule has 0 aliphatic carbocycles. The fourth-order valence-corrected chi connectivity index (χ4v) is 4.26. The summed E-state index contributed by atoms with van der Waals surface area (Å²) in [4.78, 5) is 13.4. The van der Waals surface area contributed by atoms with Crippen LogP contribution in [-0.2, 0) is 11.3 Å². The number of thiocarbonyl (C=S) groups is 1. The Bertz CT molecular complexity index is 998. The van der Waals surface area contributed by atoms with Gasteiger partial charge in [0.15, 0.2) is 5.11 Å². The average Bonchev–Trinajstić information content (AvgIpc) is 3.29. The van der Waals surface area contributed by atoms with E-state index < -0.39 is 0 Å². The lowest BCUT2D eigenvalue weighted by Crippen LogP contribution is -2.30. The van der Waals surface area contributed by atoms with Crippen LogP contribution >= 0.6 is 35.2 Å². The number of ether oxygens (including phenoxy) is 1. The molecule has 2 N–H and O–H groups in total. The highest BCUT2D eigenvalue weighted by molar-refractivity contribution is 7.80. The van der Waals surface area contributed by atoms with Crippen molar-refractivity contribution in [3.8, 4) is 10.4 Å². The second-order valence-electron chi connectivity index (χ2n) is 6.50. The van der Waals surface area contributed by atoms with Gasteiger partial charge in [-0.05, 0) is 44.1 Å². The molecule has 0 spiro atoms. The van der Waals surface area contributed by atoms with E-state index in [9.17, 15) is 4.79 Å². The third-order valence-electron chi connectivity index (χ3n) is 4.25. The Balaban J connectivity index is 1.61. The average molecular weight is 463 g/mol. The van der Waals surface area contributed by atoms with Crippen molar-refractivity contribution in [2.45, 2.75) is 26.8 Å². The third-order valence-corrected chi connectivity index (χ3v) is 5.97. The normalized spacial score (nSPS) is 10.6. The zero-order valence-electron chi connectivity index (χ0n) is 16.8. The second-order valence-corrected chi connectivity index (χ2v) is 8.37. The molecule has 0 radical (unpaired) electrons. The summed E-state index contributed by atoms with van der Waals surface area (Å²) in [6.07, 6.45) is 2.64. The van der Waals surface area contributed by atoms with Crippen LogP contribution in [-0.4, -0.2) is 34.0 Å². The van der Waals surface area contributed by atoms with Gasteiger partial charge in [0.2, 0.25) is 0 Å². The molecule has 0 aliphatic rings. The number of nitrogens with one attached hydrogen (secondary N) is 2. The molecule has 0 saturated heterocycles. The van der Waals surface area contributed by atoms with Gasteiger partial charge in [0.25, 0.3) is 0 Å². The molecule has 0 fully saturated rings. The van der Waals surface area contributed by atoms with E-state index in [1.54, 1.807) is 6.92 Å². The first kappa shape index (κ1) is 22.3. The van der Waals surface area contributed by atoms with Crippen molar-refractivity contribution in [3.63, 3.8) is 0 Å². The topological polar surface area (TPSA) is 68.2 Å². The van der Waals surface area contributed by atoms with Gasteiger partial charge in [0.05, 0.1) is 22.9 Å². The fraction of sp³-hybridized carbons (Fsp3) is 0.286. The summed E-state index contributed by atoms with van der Waals surface area (Å²) in [5.74, 6) is -0.368. The molecule has 0 saturated carbocycles. The van der Waals surface area contributed by atoms with Crippen LogP contribution in [0, 0.1) is 6.92 Å². The Morgan fingerprint density at radius 2 is 2.10 bits per heavy atom. The molecule has 2 aromatic heterocycles. The van der Waals surface area contributed by atoms with E-state index in [0.29, 0.717) is 33.9 Å². The van der Waals surface area contributed by atoms with Gasteiger partial charge in [0, 0.05) is 24.2 Å². The summed E-state index contributed by atoms with van der Waals surface area (Å²) < 4.78 is 7.02. The van der Waals surface area contributed by atoms with E-state index in [2.05, 4.69) is 15.7 Å². The number of carbonyl (C=O) groups excluding carboxylic acids is 1. The predicted molar refractivity (Wildman–Crippen MR) is 127 cm³/mol. The Labute approximate surface area is 190 Å². The number of halogens is 1. The lowest BCUT2D eigenvalue weighted by Gasteiger charge is -2.10. The molecule has 1 aromatic carbocycles. The van der Waals surface area contributed by atoms with Gasteiger partial charge in [-0.3, -0.25) is 4.68 Å². The molecule has 0 aliphatic heterocycles. The van der Waals surface area contributed by atoms with Crippen molar-refractivity contribution >= 4 is 51.2 Å². The number of esters is 1. The SMILES string of the molecule is CCOC(=O)c1cc(-c2ccccc2)sc1NC(=S)NCCCn1cc(Cl)c(C)n1. The molecule has 0 atom stereocenters. The first-order valence-corrected chi connectivity index (χ1v) is 11.2. The maximum absolute atomic E-state index is 12.4. The molecular formula is C21H23ClN4O2S2. The van der Waals surface area contributed by atoms with Gasteiger partial charge < -0.3 is 15.4 Å². The smallest absolute Gasteiger partial charge is 0.341 e. The van der Waals surface area contributed by atoms with Crippen molar-refractivity contribution < 1.29 is 9.53 Å². The highest BCUT2D eigenvalue weighted by Gasteiger charge is 2.19. The van der Waals surface area contributed by atoms with E-state index in [0.717, 1.165) is 29.1 Å². The molecule has 0 bridgehead atoms. The highest BCUT2D eigenvalue weighted by atomic mass is 35.5. The fourth-order valence-electron chi connectivity index (χ4n) is 2.79. The predicted octanol–water partition coefficient (Wildman–Crippen LogP) is 5.13. The molecular weight excluding hydrogens is 440 g/mol. The molecule has 3 rings (SSSR count). The maximum atomic E-state index is 12.4. The number of aromatic nitrogens is 2. The molecule has 6 nitrogen and oxygen atoms in total. The van der Waals surface area contributed by atoms with Gasteiger partial charge in [-0.1, -0.05) is 41.9 Å². The summed E-state index contributed by atoms with van der Waals surface area (Å²) >= 11 is 12.9. The zero-order chi connectivity index (χ0) is 21.5. The van der Waals surface area contributed by atoms with Crippen molar-refractivity contribution in [1.82, 2.24) is 15.1 Å². The summed E-state index contributed by atoms with van der Waals surface area (Å²) in [5, 5.41) is 12.4. The van der Waals surface area contributed by atoms with Gasteiger partial charge in [0.1, 0.15) is 5.00 Å². The summed E-state index contributed by atoms with van der Waals surface area (Å²) in [6.45, 7) is 5.37. The molecule has 2 heterocycles. The van der Waals surface area contributed by atoms with E-state index in [4.69, 9.17) is 28.6 Å². The van der Waals surface area contributed by atoms with Crippen LogP contribution in [0.4, 0.5) is 5.00 Å². The number of anilines is 1. The molecule has 0 amide bonds. The number of aryl methyl sites for hydroxylation is 2. The van der Waals surface area contributed by atoms with Crippen molar-refractivity contribution in [1.29, 1.82) is 0 Å². The number of hydrogen-bond acceptors (Lipinski definition) is 5. The minimum atomic E-state index is -0.368. The Hall–Kier alpha value is -2.42. The number of thiophene rings is 1. The monoisotopic (exact) mass is 462 g/mol. The largest absolute Gasteiger partial charge is 0.462 e. The van der Waals surface area contributed by atoms with Gasteiger partial charge in [-0.25, -0.2) is 4.79 Å². The van der Waals surface area contributed by atoms with Crippen molar-refractivity contribution in [2.24, 2.45) is 0 Å². The maximum Gasteiger partial charge on any atom is 0.341 e. The van der Waals surface area contributed by atoms with E-state index in [1.165, 1.54) is 11.3 Å². The number of hydrogen-bond donors (Lipinski definition) is 2. The lowest BCUT2D eigenvalue weighted by atomic mass is 10.1. The molecule has 0 unspecified atom stereocenters. The Morgan fingerprint density at radius 3 is 2.77 bits per heavy atom. The molecule has 30 heavy (non-hydrogen) atoms. The van der Waals surface area contributed by atoms with Crippen LogP contribution in [0.2, 0.25) is 5.02 Å². The van der Waals surface area contributed by atoms with Crippen LogP contribution in [0.5, 0.6) is 0 Å². The van der Waals surface area contributed by atoms with Crippen LogP contribution in [0.25, 0.3) is 10.4 Å². The van der Waals surface area contributed by atoms with Crippen LogP contribution in [0.3, 0.4) is 0 Å². The summed E-state index contributed by atoms with van der Waals surface area (Å²) in [5.41, 5.74) is 2.33. The Morgan fingerprint density at radius 1 is 1.33 bits per heavy atom. The minimum absolute atomic E-state index is 0.314. The van der Waals surface area contributed by atoms with E-state index in [-0.39, 0.29) is 5.97 Å². The van der Waals surface area contributed by atoms with Gasteiger partial charge in [-0.15, -0.1) is 11.3 Å². The van der Waals surface area contributed by atoms with Crippen LogP contribution in [0.1, 0.15) is 29.4 Å². The third kappa shape index (κ3) is 5.81. The number of rotatable bonds is 8. The summed E-state index contributed by atoms with van der Waals surface area (Å²) in [7, 11) is 0. The lowest BCUT2D eigenvalue weighted by molar-refractivity contribution is 0.0528. The molecule has 9 heteroatoms. The first-order chi connectivity index (χ1) is 14.5. The van der Waals surface area contributed by atoms with Crippen molar-refractivity contribution in [2.75, 3.05) is 18.5 Å². The number of benzene rings is 1.